The maximum absolute atomic E-state index is 8.97. The predicted octanol–water partition coefficient (Wildman–Crippen LogP) is 2.16. The van der Waals surface area contributed by atoms with E-state index in [1.54, 1.807) is 20.2 Å². The number of nitrogens with one attached hydrogen (secondary N) is 1. The van der Waals surface area contributed by atoms with E-state index in [0.717, 1.165) is 10.9 Å². The summed E-state index contributed by atoms with van der Waals surface area (Å²) in [6, 6.07) is 9.55. The number of pyridine rings is 1. The minimum atomic E-state index is 0.531. The SMILES string of the molecule is CNc1nc2c(OC)cccc2cc1C#N. The van der Waals surface area contributed by atoms with E-state index < -0.39 is 0 Å². The molecular weight excluding hydrogens is 202 g/mol. The zero-order valence-electron chi connectivity index (χ0n) is 9.11. The van der Waals surface area contributed by atoms with Crippen molar-refractivity contribution in [1.29, 1.82) is 5.26 Å². The molecule has 0 aliphatic heterocycles. The molecule has 80 valence electrons. The fourth-order valence-corrected chi connectivity index (χ4v) is 1.61. The zero-order chi connectivity index (χ0) is 11.5. The highest BCUT2D eigenvalue weighted by Crippen LogP contribution is 2.26. The van der Waals surface area contributed by atoms with Gasteiger partial charge in [-0.05, 0) is 12.1 Å². The van der Waals surface area contributed by atoms with Gasteiger partial charge in [0.05, 0.1) is 12.7 Å². The number of aromatic nitrogens is 1. The van der Waals surface area contributed by atoms with Gasteiger partial charge in [0.15, 0.2) is 0 Å². The molecule has 0 atom stereocenters. The Morgan fingerprint density at radius 1 is 1.44 bits per heavy atom. The molecule has 0 saturated heterocycles. The molecule has 0 amide bonds. The maximum atomic E-state index is 8.97. The second-order valence-corrected chi connectivity index (χ2v) is 3.28. The molecule has 4 nitrogen and oxygen atoms in total. The number of nitriles is 1. The van der Waals surface area contributed by atoms with Crippen LogP contribution >= 0.6 is 0 Å². The lowest BCUT2D eigenvalue weighted by Gasteiger charge is -2.07. The number of hydrogen-bond donors (Lipinski definition) is 1. The number of para-hydroxylation sites is 1. The van der Waals surface area contributed by atoms with Gasteiger partial charge in [-0.25, -0.2) is 4.98 Å². The first-order valence-electron chi connectivity index (χ1n) is 4.85. The zero-order valence-corrected chi connectivity index (χ0v) is 9.11. The Hall–Kier alpha value is -2.28. The van der Waals surface area contributed by atoms with Gasteiger partial charge in [0.1, 0.15) is 23.2 Å². The van der Waals surface area contributed by atoms with Crippen LogP contribution in [0.5, 0.6) is 5.75 Å². The third-order valence-electron chi connectivity index (χ3n) is 2.39. The van der Waals surface area contributed by atoms with Crippen molar-refractivity contribution >= 4 is 16.7 Å². The standard InChI is InChI=1S/C12H11N3O/c1-14-12-9(7-13)6-8-4-3-5-10(16-2)11(8)15-12/h3-6H,1-2H3,(H,14,15). The Bertz CT molecular complexity index is 572. The molecule has 1 N–H and O–H groups in total. The molecule has 0 fully saturated rings. The van der Waals surface area contributed by atoms with Crippen molar-refractivity contribution in [2.75, 3.05) is 19.5 Å². The minimum absolute atomic E-state index is 0.531. The Kier molecular flexibility index (Phi) is 2.61. The topological polar surface area (TPSA) is 57.9 Å². The Balaban J connectivity index is 2.79. The fourth-order valence-electron chi connectivity index (χ4n) is 1.61. The lowest BCUT2D eigenvalue weighted by atomic mass is 10.1. The Morgan fingerprint density at radius 3 is 2.88 bits per heavy atom. The fraction of sp³-hybridized carbons (Fsp3) is 0.167. The Labute approximate surface area is 93.5 Å². The lowest BCUT2D eigenvalue weighted by molar-refractivity contribution is 0.419. The summed E-state index contributed by atoms with van der Waals surface area (Å²) in [7, 11) is 3.35. The van der Waals surface area contributed by atoms with E-state index in [-0.39, 0.29) is 0 Å². The van der Waals surface area contributed by atoms with E-state index in [1.807, 2.05) is 18.2 Å². The predicted molar refractivity (Wildman–Crippen MR) is 62.6 cm³/mol. The molecule has 2 rings (SSSR count). The molecule has 0 radical (unpaired) electrons. The van der Waals surface area contributed by atoms with Crippen molar-refractivity contribution < 1.29 is 4.74 Å². The van der Waals surface area contributed by atoms with Gasteiger partial charge in [-0.15, -0.1) is 0 Å². The molecule has 0 bridgehead atoms. The molecule has 0 aliphatic carbocycles. The van der Waals surface area contributed by atoms with Crippen LogP contribution < -0.4 is 10.1 Å². The summed E-state index contributed by atoms with van der Waals surface area (Å²) < 4.78 is 5.23. The number of methoxy groups -OCH3 is 1. The van der Waals surface area contributed by atoms with Crippen molar-refractivity contribution in [3.63, 3.8) is 0 Å². The molecule has 0 aliphatic rings. The average molecular weight is 213 g/mol. The van der Waals surface area contributed by atoms with Gasteiger partial charge in [0.25, 0.3) is 0 Å². The molecule has 0 saturated carbocycles. The summed E-state index contributed by atoms with van der Waals surface area (Å²) in [5, 5.41) is 12.8. The summed E-state index contributed by atoms with van der Waals surface area (Å²) >= 11 is 0. The second kappa shape index (κ2) is 4.07. The largest absolute Gasteiger partial charge is 0.494 e. The second-order valence-electron chi connectivity index (χ2n) is 3.28. The number of fused-ring (bicyclic) bond motifs is 1. The van der Waals surface area contributed by atoms with E-state index in [2.05, 4.69) is 16.4 Å². The van der Waals surface area contributed by atoms with E-state index in [4.69, 9.17) is 10.00 Å². The molecule has 4 heteroatoms. The van der Waals surface area contributed by atoms with Crippen molar-refractivity contribution in [2.45, 2.75) is 0 Å². The molecule has 2 aromatic rings. The van der Waals surface area contributed by atoms with E-state index in [1.165, 1.54) is 0 Å². The quantitative estimate of drug-likeness (QED) is 0.830. The third kappa shape index (κ3) is 1.52. The number of ether oxygens (including phenoxy) is 1. The maximum Gasteiger partial charge on any atom is 0.145 e. The first kappa shape index (κ1) is 10.2. The highest BCUT2D eigenvalue weighted by atomic mass is 16.5. The summed E-state index contributed by atoms with van der Waals surface area (Å²) in [6.07, 6.45) is 0. The monoisotopic (exact) mass is 213 g/mol. The van der Waals surface area contributed by atoms with E-state index in [0.29, 0.717) is 17.1 Å². The summed E-state index contributed by atoms with van der Waals surface area (Å²) in [6.45, 7) is 0. The molecule has 1 heterocycles. The van der Waals surface area contributed by atoms with Gasteiger partial charge < -0.3 is 10.1 Å². The van der Waals surface area contributed by atoms with Crippen LogP contribution in [0.15, 0.2) is 24.3 Å². The van der Waals surface area contributed by atoms with Crippen molar-refractivity contribution in [3.8, 4) is 11.8 Å². The molecule has 0 unspecified atom stereocenters. The van der Waals surface area contributed by atoms with Gasteiger partial charge in [0.2, 0.25) is 0 Å². The van der Waals surface area contributed by atoms with Crippen molar-refractivity contribution in [2.24, 2.45) is 0 Å². The first-order chi connectivity index (χ1) is 7.80. The summed E-state index contributed by atoms with van der Waals surface area (Å²) in [5.74, 6) is 1.28. The third-order valence-corrected chi connectivity index (χ3v) is 2.39. The molecule has 1 aromatic carbocycles. The van der Waals surface area contributed by atoms with Crippen LogP contribution in [0.1, 0.15) is 5.56 Å². The van der Waals surface area contributed by atoms with Crippen LogP contribution in [0.25, 0.3) is 10.9 Å². The number of hydrogen-bond acceptors (Lipinski definition) is 4. The summed E-state index contributed by atoms with van der Waals surface area (Å²) in [5.41, 5.74) is 1.29. The van der Waals surface area contributed by atoms with Gasteiger partial charge in [-0.2, -0.15) is 5.26 Å². The van der Waals surface area contributed by atoms with Gasteiger partial charge in [-0.1, -0.05) is 12.1 Å². The minimum Gasteiger partial charge on any atom is -0.494 e. The molecular formula is C12H11N3O. The molecule has 0 spiro atoms. The number of benzene rings is 1. The summed E-state index contributed by atoms with van der Waals surface area (Å²) in [4.78, 5) is 4.38. The highest BCUT2D eigenvalue weighted by molar-refractivity contribution is 5.87. The lowest BCUT2D eigenvalue weighted by Crippen LogP contribution is -1.97. The normalized spacial score (nSPS) is 9.81. The average Bonchev–Trinajstić information content (AvgIpc) is 2.36. The van der Waals surface area contributed by atoms with Crippen molar-refractivity contribution in [3.05, 3.63) is 29.8 Å². The smallest absolute Gasteiger partial charge is 0.145 e. The van der Waals surface area contributed by atoms with E-state index >= 15 is 0 Å². The number of anilines is 1. The number of rotatable bonds is 2. The van der Waals surface area contributed by atoms with Crippen LogP contribution in [0.3, 0.4) is 0 Å². The van der Waals surface area contributed by atoms with Crippen LogP contribution in [0.2, 0.25) is 0 Å². The van der Waals surface area contributed by atoms with Crippen LogP contribution in [-0.4, -0.2) is 19.1 Å². The van der Waals surface area contributed by atoms with Crippen molar-refractivity contribution in [1.82, 2.24) is 4.98 Å². The van der Waals surface area contributed by atoms with Gasteiger partial charge >= 0.3 is 0 Å². The van der Waals surface area contributed by atoms with E-state index in [9.17, 15) is 0 Å². The first-order valence-corrected chi connectivity index (χ1v) is 4.85. The van der Waals surface area contributed by atoms with Crippen LogP contribution in [0.4, 0.5) is 5.82 Å². The number of nitrogens with zero attached hydrogens (tertiary/aromatic N) is 2. The molecule has 1 aromatic heterocycles. The molecule has 16 heavy (non-hydrogen) atoms. The van der Waals surface area contributed by atoms with Crippen LogP contribution in [0, 0.1) is 11.3 Å². The van der Waals surface area contributed by atoms with Gasteiger partial charge in [-0.3, -0.25) is 0 Å². The Morgan fingerprint density at radius 2 is 2.25 bits per heavy atom. The van der Waals surface area contributed by atoms with Gasteiger partial charge in [0, 0.05) is 12.4 Å². The van der Waals surface area contributed by atoms with Crippen LogP contribution in [-0.2, 0) is 0 Å². The highest BCUT2D eigenvalue weighted by Gasteiger charge is 2.08.